The van der Waals surface area contributed by atoms with E-state index in [4.69, 9.17) is 5.73 Å². The third-order valence-corrected chi connectivity index (χ3v) is 4.46. The van der Waals surface area contributed by atoms with Gasteiger partial charge in [0, 0.05) is 25.3 Å². The summed E-state index contributed by atoms with van der Waals surface area (Å²) in [6.07, 6.45) is 2.67. The minimum absolute atomic E-state index is 0.545. The van der Waals surface area contributed by atoms with E-state index in [1.54, 1.807) is 6.33 Å². The summed E-state index contributed by atoms with van der Waals surface area (Å²) in [4.78, 5) is 13.6. The zero-order chi connectivity index (χ0) is 18.0. The van der Waals surface area contributed by atoms with E-state index >= 15 is 0 Å². The van der Waals surface area contributed by atoms with Crippen LogP contribution in [0, 0.1) is 11.8 Å². The third kappa shape index (κ3) is 3.70. The summed E-state index contributed by atoms with van der Waals surface area (Å²) in [5, 5.41) is 0. The lowest BCUT2D eigenvalue weighted by Gasteiger charge is -2.30. The van der Waals surface area contributed by atoms with Gasteiger partial charge in [-0.25, -0.2) is 9.97 Å². The number of hydrogen-bond donors (Lipinski definition) is 1. The Hall–Kier alpha value is -2.30. The Morgan fingerprint density at radius 2 is 1.76 bits per heavy atom. The number of rotatable bonds is 6. The topological polar surface area (TPSA) is 58.3 Å². The van der Waals surface area contributed by atoms with Crippen molar-refractivity contribution in [3.63, 3.8) is 0 Å². The van der Waals surface area contributed by atoms with Crippen LogP contribution in [-0.4, -0.2) is 29.6 Å². The number of nitrogens with zero attached hydrogens (tertiary/aromatic N) is 4. The van der Waals surface area contributed by atoms with Gasteiger partial charge in [0.25, 0.3) is 0 Å². The van der Waals surface area contributed by atoms with Crippen molar-refractivity contribution >= 4 is 23.0 Å². The van der Waals surface area contributed by atoms with Crippen molar-refractivity contribution in [1.29, 1.82) is 0 Å². The van der Waals surface area contributed by atoms with Crippen LogP contribution >= 0.6 is 0 Å². The van der Waals surface area contributed by atoms with Crippen LogP contribution in [-0.2, 0) is 6.42 Å². The van der Waals surface area contributed by atoms with E-state index in [1.165, 1.54) is 11.3 Å². The molecular formula is C20H29N5. The minimum Gasteiger partial charge on any atom is -0.393 e. The molecule has 5 heteroatoms. The summed E-state index contributed by atoms with van der Waals surface area (Å²) >= 11 is 0. The summed E-state index contributed by atoms with van der Waals surface area (Å²) in [5.41, 5.74) is 9.80. The van der Waals surface area contributed by atoms with Crippen molar-refractivity contribution in [1.82, 2.24) is 9.97 Å². The van der Waals surface area contributed by atoms with E-state index < -0.39 is 0 Å². The molecule has 2 aromatic rings. The molecule has 0 amide bonds. The Bertz CT molecular complexity index is 716. The average Bonchev–Trinajstić information content (AvgIpc) is 2.97. The molecule has 134 valence electrons. The Kier molecular flexibility index (Phi) is 5.11. The van der Waals surface area contributed by atoms with Gasteiger partial charge in [0.05, 0.1) is 0 Å². The normalized spacial score (nSPS) is 13.6. The zero-order valence-corrected chi connectivity index (χ0v) is 15.7. The summed E-state index contributed by atoms with van der Waals surface area (Å²) in [7, 11) is 0. The zero-order valence-electron chi connectivity index (χ0n) is 15.7. The van der Waals surface area contributed by atoms with Crippen LogP contribution in [0.4, 0.5) is 23.0 Å². The van der Waals surface area contributed by atoms with Gasteiger partial charge in [-0.15, -0.1) is 0 Å². The fourth-order valence-electron chi connectivity index (χ4n) is 3.53. The van der Waals surface area contributed by atoms with Crippen molar-refractivity contribution < 1.29 is 0 Å². The molecule has 5 nitrogen and oxygen atoms in total. The van der Waals surface area contributed by atoms with Gasteiger partial charge in [-0.3, -0.25) is 0 Å². The van der Waals surface area contributed by atoms with Gasteiger partial charge in [-0.1, -0.05) is 45.9 Å². The molecule has 2 heterocycles. The van der Waals surface area contributed by atoms with Crippen LogP contribution in [0.2, 0.25) is 0 Å². The maximum Gasteiger partial charge on any atom is 0.161 e. The van der Waals surface area contributed by atoms with Crippen molar-refractivity contribution in [3.05, 3.63) is 36.2 Å². The first-order chi connectivity index (χ1) is 12.0. The molecule has 0 fully saturated rings. The van der Waals surface area contributed by atoms with Crippen molar-refractivity contribution in [2.24, 2.45) is 11.8 Å². The third-order valence-electron chi connectivity index (χ3n) is 4.46. The van der Waals surface area contributed by atoms with Crippen molar-refractivity contribution in [3.8, 4) is 0 Å². The fraction of sp³-hybridized carbons (Fsp3) is 0.500. The van der Waals surface area contributed by atoms with E-state index in [0.29, 0.717) is 17.5 Å². The van der Waals surface area contributed by atoms with Crippen LogP contribution in [0.1, 0.15) is 33.3 Å². The number of aromatic nitrogens is 2. The minimum atomic E-state index is 0.545. The standard InChI is InChI=1S/C20H29N5/c1-14(2)11-24(12-15(3)4)19-18(21)20(23-13-22-19)25-10-9-16-7-5-6-8-17(16)25/h5-8,13-15H,9-12,21H2,1-4H3. The quantitative estimate of drug-likeness (QED) is 0.866. The summed E-state index contributed by atoms with van der Waals surface area (Å²) in [6.45, 7) is 11.7. The molecule has 0 spiro atoms. The molecule has 25 heavy (non-hydrogen) atoms. The highest BCUT2D eigenvalue weighted by Crippen LogP contribution is 2.38. The molecule has 0 saturated carbocycles. The highest BCUT2D eigenvalue weighted by atomic mass is 15.3. The van der Waals surface area contributed by atoms with Gasteiger partial charge in [0.2, 0.25) is 0 Å². The van der Waals surface area contributed by atoms with Crippen LogP contribution in [0.5, 0.6) is 0 Å². The number of nitrogens with two attached hydrogens (primary N) is 1. The predicted octanol–water partition coefficient (Wildman–Crippen LogP) is 3.87. The molecule has 0 saturated heterocycles. The number of nitrogen functional groups attached to an aromatic ring is 1. The number of anilines is 4. The van der Waals surface area contributed by atoms with Crippen molar-refractivity contribution in [2.45, 2.75) is 34.1 Å². The molecule has 1 aromatic carbocycles. The molecule has 0 unspecified atom stereocenters. The second-order valence-electron chi connectivity index (χ2n) is 7.66. The Balaban J connectivity index is 1.97. The van der Waals surface area contributed by atoms with Gasteiger partial charge in [0.15, 0.2) is 11.6 Å². The second-order valence-corrected chi connectivity index (χ2v) is 7.66. The Morgan fingerprint density at radius 3 is 2.44 bits per heavy atom. The van der Waals surface area contributed by atoms with Gasteiger partial charge in [-0.2, -0.15) is 0 Å². The van der Waals surface area contributed by atoms with Crippen LogP contribution < -0.4 is 15.5 Å². The number of para-hydroxylation sites is 1. The molecule has 0 atom stereocenters. The molecular weight excluding hydrogens is 310 g/mol. The van der Waals surface area contributed by atoms with Crippen LogP contribution in [0.15, 0.2) is 30.6 Å². The Labute approximate surface area is 150 Å². The highest BCUT2D eigenvalue weighted by molar-refractivity contribution is 5.81. The number of fused-ring (bicyclic) bond motifs is 1. The molecule has 0 bridgehead atoms. The smallest absolute Gasteiger partial charge is 0.161 e. The van der Waals surface area contributed by atoms with Gasteiger partial charge >= 0.3 is 0 Å². The maximum atomic E-state index is 6.56. The lowest BCUT2D eigenvalue weighted by atomic mass is 10.1. The van der Waals surface area contributed by atoms with Gasteiger partial charge < -0.3 is 15.5 Å². The first-order valence-electron chi connectivity index (χ1n) is 9.18. The molecule has 0 radical (unpaired) electrons. The maximum absolute atomic E-state index is 6.56. The summed E-state index contributed by atoms with van der Waals surface area (Å²) < 4.78 is 0. The Morgan fingerprint density at radius 1 is 1.08 bits per heavy atom. The van der Waals surface area contributed by atoms with Crippen molar-refractivity contribution in [2.75, 3.05) is 35.2 Å². The molecule has 1 aliphatic heterocycles. The van der Waals surface area contributed by atoms with Gasteiger partial charge in [-0.05, 0) is 29.9 Å². The lowest BCUT2D eigenvalue weighted by molar-refractivity contribution is 0.549. The molecule has 2 N–H and O–H groups in total. The second kappa shape index (κ2) is 7.30. The molecule has 1 aromatic heterocycles. The van der Waals surface area contributed by atoms with Gasteiger partial charge in [0.1, 0.15) is 12.0 Å². The summed E-state index contributed by atoms with van der Waals surface area (Å²) in [5.74, 6) is 2.78. The monoisotopic (exact) mass is 339 g/mol. The van der Waals surface area contributed by atoms with E-state index in [1.807, 2.05) is 0 Å². The lowest BCUT2D eigenvalue weighted by Crippen LogP contribution is -2.33. The highest BCUT2D eigenvalue weighted by Gasteiger charge is 2.25. The summed E-state index contributed by atoms with van der Waals surface area (Å²) in [6, 6.07) is 8.48. The van der Waals surface area contributed by atoms with Crippen LogP contribution in [0.3, 0.4) is 0 Å². The van der Waals surface area contributed by atoms with E-state index in [0.717, 1.165) is 37.7 Å². The number of hydrogen-bond acceptors (Lipinski definition) is 5. The van der Waals surface area contributed by atoms with E-state index in [9.17, 15) is 0 Å². The van der Waals surface area contributed by atoms with E-state index in [-0.39, 0.29) is 0 Å². The molecule has 1 aliphatic rings. The van der Waals surface area contributed by atoms with Crippen LogP contribution in [0.25, 0.3) is 0 Å². The first-order valence-corrected chi connectivity index (χ1v) is 9.18. The average molecular weight is 339 g/mol. The first kappa shape index (κ1) is 17.5. The number of benzene rings is 1. The molecule has 0 aliphatic carbocycles. The SMILES string of the molecule is CC(C)CN(CC(C)C)c1ncnc(N2CCc3ccccc32)c1N. The fourth-order valence-corrected chi connectivity index (χ4v) is 3.53. The van der Waals surface area contributed by atoms with E-state index in [2.05, 4.69) is 71.7 Å². The molecule has 3 rings (SSSR count). The largest absolute Gasteiger partial charge is 0.393 e. The predicted molar refractivity (Wildman–Crippen MR) is 105 cm³/mol.